The maximum absolute atomic E-state index is 13.3. The fraction of sp³-hybridized carbons (Fsp3) is 0.429. The highest BCUT2D eigenvalue weighted by Gasteiger charge is 2.55. The first-order chi connectivity index (χ1) is 8.51. The van der Waals surface area contributed by atoms with Crippen molar-refractivity contribution in [3.63, 3.8) is 0 Å². The molecule has 0 heterocycles. The van der Waals surface area contributed by atoms with Crippen LogP contribution in [0.4, 0.5) is 4.39 Å². The lowest BCUT2D eigenvalue weighted by Gasteiger charge is -2.14. The molecule has 1 aliphatic rings. The van der Waals surface area contributed by atoms with Gasteiger partial charge in [0.05, 0.1) is 5.70 Å². The molecule has 0 spiro atoms. The first kappa shape index (κ1) is 14.4. The monoisotopic (exact) mass is 251 g/mol. The molecule has 0 aliphatic heterocycles. The quantitative estimate of drug-likeness (QED) is 0.558. The van der Waals surface area contributed by atoms with E-state index in [1.54, 1.807) is 0 Å². The van der Waals surface area contributed by atoms with Crippen molar-refractivity contribution in [2.45, 2.75) is 32.6 Å². The number of Topliss-reactive ketones (excluding diaryl/α,β-unsaturated/α-hetero) is 1. The Morgan fingerprint density at radius 3 is 2.33 bits per heavy atom. The van der Waals surface area contributed by atoms with Crippen LogP contribution in [0.5, 0.6) is 0 Å². The molecule has 98 valence electrons. The molecule has 0 aromatic carbocycles. The summed E-state index contributed by atoms with van der Waals surface area (Å²) in [5, 5.41) is 2.42. The van der Waals surface area contributed by atoms with E-state index < -0.39 is 17.1 Å². The Morgan fingerprint density at radius 1 is 1.33 bits per heavy atom. The average Bonchev–Trinajstić information content (AvgIpc) is 3.16. The van der Waals surface area contributed by atoms with Gasteiger partial charge in [0.1, 0.15) is 17.0 Å². The van der Waals surface area contributed by atoms with E-state index in [2.05, 4.69) is 18.5 Å². The number of nitrogens with one attached hydrogen (secondary N) is 1. The van der Waals surface area contributed by atoms with E-state index in [-0.39, 0.29) is 11.5 Å². The molecule has 1 amide bonds. The van der Waals surface area contributed by atoms with Crippen molar-refractivity contribution in [1.82, 2.24) is 5.32 Å². The SMILES string of the molecule is C=CC(F)=C(C=C)NC(=O)C1(C(=O)CCC)CC1. The number of hydrogen-bond donors (Lipinski definition) is 1. The van der Waals surface area contributed by atoms with Gasteiger partial charge in [-0.15, -0.1) is 0 Å². The molecule has 0 saturated heterocycles. The minimum atomic E-state index is -0.939. The van der Waals surface area contributed by atoms with Crippen LogP contribution in [0.3, 0.4) is 0 Å². The Hall–Kier alpha value is -1.71. The summed E-state index contributed by atoms with van der Waals surface area (Å²) in [6, 6.07) is 0. The summed E-state index contributed by atoms with van der Waals surface area (Å²) in [6.45, 7) is 8.59. The van der Waals surface area contributed by atoms with Crippen LogP contribution in [-0.4, -0.2) is 11.7 Å². The molecule has 0 unspecified atom stereocenters. The lowest BCUT2D eigenvalue weighted by Crippen LogP contribution is -2.36. The first-order valence-corrected chi connectivity index (χ1v) is 6.01. The molecule has 0 aromatic rings. The van der Waals surface area contributed by atoms with Crippen LogP contribution >= 0.6 is 0 Å². The van der Waals surface area contributed by atoms with Gasteiger partial charge >= 0.3 is 0 Å². The highest BCUT2D eigenvalue weighted by atomic mass is 19.1. The molecule has 3 nitrogen and oxygen atoms in total. The van der Waals surface area contributed by atoms with Crippen LogP contribution in [0.25, 0.3) is 0 Å². The number of rotatable bonds is 7. The number of carbonyl (C=O) groups is 2. The van der Waals surface area contributed by atoms with Gasteiger partial charge in [-0.25, -0.2) is 4.39 Å². The van der Waals surface area contributed by atoms with Crippen molar-refractivity contribution in [1.29, 1.82) is 0 Å². The molecule has 1 aliphatic carbocycles. The van der Waals surface area contributed by atoms with Crippen molar-refractivity contribution in [2.75, 3.05) is 0 Å². The molecule has 0 bridgehead atoms. The molecule has 18 heavy (non-hydrogen) atoms. The van der Waals surface area contributed by atoms with Crippen LogP contribution in [0.2, 0.25) is 0 Å². The summed E-state index contributed by atoms with van der Waals surface area (Å²) < 4.78 is 13.3. The number of hydrogen-bond acceptors (Lipinski definition) is 2. The van der Waals surface area contributed by atoms with Gasteiger partial charge in [0.2, 0.25) is 5.91 Å². The van der Waals surface area contributed by atoms with Gasteiger partial charge in [-0.2, -0.15) is 0 Å². The number of amides is 1. The molecule has 1 saturated carbocycles. The summed E-state index contributed by atoms with van der Waals surface area (Å²) in [6.07, 6.45) is 4.36. The topological polar surface area (TPSA) is 46.2 Å². The third kappa shape index (κ3) is 2.75. The number of carbonyl (C=O) groups excluding carboxylic acids is 2. The van der Waals surface area contributed by atoms with Crippen LogP contribution in [0, 0.1) is 5.41 Å². The Labute approximate surface area is 106 Å². The van der Waals surface area contributed by atoms with E-state index in [0.29, 0.717) is 25.7 Å². The molecule has 4 heteroatoms. The number of allylic oxidation sites excluding steroid dienone is 3. The lowest BCUT2D eigenvalue weighted by molar-refractivity contribution is -0.135. The van der Waals surface area contributed by atoms with Crippen LogP contribution in [-0.2, 0) is 9.59 Å². The van der Waals surface area contributed by atoms with Crippen molar-refractivity contribution >= 4 is 11.7 Å². The van der Waals surface area contributed by atoms with Crippen LogP contribution in [0.15, 0.2) is 36.8 Å². The maximum Gasteiger partial charge on any atom is 0.238 e. The van der Waals surface area contributed by atoms with E-state index in [0.717, 1.165) is 6.08 Å². The fourth-order valence-electron chi connectivity index (χ4n) is 1.78. The zero-order valence-corrected chi connectivity index (χ0v) is 10.6. The Morgan fingerprint density at radius 2 is 1.94 bits per heavy atom. The number of ketones is 1. The zero-order valence-electron chi connectivity index (χ0n) is 10.6. The van der Waals surface area contributed by atoms with Crippen molar-refractivity contribution in [3.05, 3.63) is 36.8 Å². The Balaban J connectivity index is 2.80. The third-order valence-corrected chi connectivity index (χ3v) is 3.08. The average molecular weight is 251 g/mol. The van der Waals surface area contributed by atoms with Gasteiger partial charge in [0.25, 0.3) is 0 Å². The molecule has 1 fully saturated rings. The predicted molar refractivity (Wildman–Crippen MR) is 68.3 cm³/mol. The number of halogens is 1. The lowest BCUT2D eigenvalue weighted by atomic mass is 9.96. The van der Waals surface area contributed by atoms with Gasteiger partial charge in [0.15, 0.2) is 0 Å². The minimum Gasteiger partial charge on any atom is -0.323 e. The molecular formula is C14H18FNO2. The highest BCUT2D eigenvalue weighted by molar-refractivity contribution is 6.09. The second-order valence-corrected chi connectivity index (χ2v) is 4.38. The third-order valence-electron chi connectivity index (χ3n) is 3.08. The summed E-state index contributed by atoms with van der Waals surface area (Å²) in [7, 11) is 0. The summed E-state index contributed by atoms with van der Waals surface area (Å²) in [5.74, 6) is -1.16. The molecule has 0 atom stereocenters. The predicted octanol–water partition coefficient (Wildman–Crippen LogP) is 2.81. The summed E-state index contributed by atoms with van der Waals surface area (Å²) in [4.78, 5) is 23.9. The van der Waals surface area contributed by atoms with Gasteiger partial charge in [-0.3, -0.25) is 9.59 Å². The van der Waals surface area contributed by atoms with E-state index in [9.17, 15) is 14.0 Å². The molecule has 0 aromatic heterocycles. The molecular weight excluding hydrogens is 233 g/mol. The normalized spacial score (nSPS) is 17.4. The summed E-state index contributed by atoms with van der Waals surface area (Å²) in [5.41, 5.74) is -0.975. The highest BCUT2D eigenvalue weighted by Crippen LogP contribution is 2.48. The van der Waals surface area contributed by atoms with E-state index in [4.69, 9.17) is 0 Å². The Kier molecular flexibility index (Phi) is 4.59. The van der Waals surface area contributed by atoms with Crippen molar-refractivity contribution in [2.24, 2.45) is 5.41 Å². The summed E-state index contributed by atoms with van der Waals surface area (Å²) >= 11 is 0. The first-order valence-electron chi connectivity index (χ1n) is 6.01. The van der Waals surface area contributed by atoms with Gasteiger partial charge in [-0.1, -0.05) is 20.1 Å². The van der Waals surface area contributed by atoms with Crippen molar-refractivity contribution < 1.29 is 14.0 Å². The molecule has 0 radical (unpaired) electrons. The standard InChI is InChI=1S/C14H18FNO2/c1-4-7-12(17)14(8-9-14)13(18)16-11(6-3)10(15)5-2/h5-6H,2-4,7-9H2,1H3,(H,16,18). The largest absolute Gasteiger partial charge is 0.323 e. The molecule has 1 N–H and O–H groups in total. The van der Waals surface area contributed by atoms with E-state index in [1.165, 1.54) is 6.08 Å². The zero-order chi connectivity index (χ0) is 13.8. The van der Waals surface area contributed by atoms with Gasteiger partial charge in [0, 0.05) is 6.42 Å². The maximum atomic E-state index is 13.3. The van der Waals surface area contributed by atoms with E-state index in [1.807, 2.05) is 6.92 Å². The van der Waals surface area contributed by atoms with Gasteiger partial charge < -0.3 is 5.32 Å². The Bertz CT molecular complexity index is 420. The second kappa shape index (κ2) is 5.76. The minimum absolute atomic E-state index is 0.0365. The van der Waals surface area contributed by atoms with Gasteiger partial charge in [-0.05, 0) is 31.4 Å². The fourth-order valence-corrected chi connectivity index (χ4v) is 1.78. The van der Waals surface area contributed by atoms with E-state index >= 15 is 0 Å². The van der Waals surface area contributed by atoms with Crippen LogP contribution in [0.1, 0.15) is 32.6 Å². The van der Waals surface area contributed by atoms with Crippen LogP contribution < -0.4 is 5.32 Å². The van der Waals surface area contributed by atoms with Crippen molar-refractivity contribution in [3.8, 4) is 0 Å². The smallest absolute Gasteiger partial charge is 0.238 e. The second-order valence-electron chi connectivity index (χ2n) is 4.38. The molecule has 1 rings (SSSR count).